The number of aliphatic hydroxyl groups is 1. The molecule has 2 saturated heterocycles. The van der Waals surface area contributed by atoms with Crippen LogP contribution < -0.4 is 0 Å². The van der Waals surface area contributed by atoms with E-state index in [9.17, 15) is 0 Å². The van der Waals surface area contributed by atoms with E-state index in [-0.39, 0.29) is 13.0 Å². The third kappa shape index (κ3) is 6.56. The Morgan fingerprint density at radius 2 is 1.62 bits per heavy atom. The highest BCUT2D eigenvalue weighted by Crippen LogP contribution is 2.10. The van der Waals surface area contributed by atoms with Crippen LogP contribution in [-0.2, 0) is 18.9 Å². The molecule has 2 rings (SSSR count). The van der Waals surface area contributed by atoms with Crippen molar-refractivity contribution >= 4 is 0 Å². The predicted octanol–water partition coefficient (Wildman–Crippen LogP) is -0.650. The second kappa shape index (κ2) is 10.4. The summed E-state index contributed by atoms with van der Waals surface area (Å²) >= 11 is 0. The van der Waals surface area contributed by atoms with E-state index in [0.717, 1.165) is 65.6 Å². The van der Waals surface area contributed by atoms with E-state index in [1.807, 2.05) is 0 Å². The molecule has 21 heavy (non-hydrogen) atoms. The molecule has 0 aromatic rings. The average molecular weight is 304 g/mol. The van der Waals surface area contributed by atoms with Gasteiger partial charge in [-0.3, -0.25) is 9.80 Å². The molecule has 2 aliphatic rings. The summed E-state index contributed by atoms with van der Waals surface area (Å²) in [5.74, 6) is 0. The van der Waals surface area contributed by atoms with Crippen molar-refractivity contribution in [2.75, 3.05) is 79.2 Å². The first kappa shape index (κ1) is 17.1. The van der Waals surface area contributed by atoms with Crippen molar-refractivity contribution in [3.63, 3.8) is 0 Å². The molecule has 0 spiro atoms. The van der Waals surface area contributed by atoms with Gasteiger partial charge in [0.15, 0.2) is 0 Å². The summed E-state index contributed by atoms with van der Waals surface area (Å²) in [6.07, 6.45) is 0.811. The molecule has 1 unspecified atom stereocenters. The first-order valence-corrected chi connectivity index (χ1v) is 7.82. The largest absolute Gasteiger partial charge is 0.379 e. The van der Waals surface area contributed by atoms with Crippen LogP contribution in [0, 0.1) is 0 Å². The zero-order valence-corrected chi connectivity index (χ0v) is 12.7. The molecule has 7 nitrogen and oxygen atoms in total. The molecule has 0 bridgehead atoms. The summed E-state index contributed by atoms with van der Waals surface area (Å²) in [7, 11) is 0. The Bertz CT molecular complexity index is 258. The highest BCUT2D eigenvalue weighted by Gasteiger charge is 2.21. The van der Waals surface area contributed by atoms with Crippen LogP contribution in [0.15, 0.2) is 0 Å². The van der Waals surface area contributed by atoms with E-state index < -0.39 is 0 Å². The van der Waals surface area contributed by atoms with Crippen molar-refractivity contribution in [2.45, 2.75) is 12.6 Å². The lowest BCUT2D eigenvalue weighted by Crippen LogP contribution is -2.46. The van der Waals surface area contributed by atoms with Crippen LogP contribution in [0.3, 0.4) is 0 Å². The number of morpholine rings is 2. The molecule has 2 aliphatic heterocycles. The van der Waals surface area contributed by atoms with Gasteiger partial charge < -0.3 is 24.1 Å². The lowest BCUT2D eigenvalue weighted by atomic mass is 10.3. The van der Waals surface area contributed by atoms with Crippen molar-refractivity contribution < 1.29 is 24.1 Å². The third-order valence-corrected chi connectivity index (χ3v) is 3.87. The monoisotopic (exact) mass is 304 g/mol. The van der Waals surface area contributed by atoms with Crippen LogP contribution in [0.5, 0.6) is 0 Å². The summed E-state index contributed by atoms with van der Waals surface area (Å²) in [5.41, 5.74) is 0. The summed E-state index contributed by atoms with van der Waals surface area (Å²) in [6, 6.07) is 0. The summed E-state index contributed by atoms with van der Waals surface area (Å²) < 4.78 is 21.8. The van der Waals surface area contributed by atoms with Gasteiger partial charge in [-0.05, 0) is 0 Å². The summed E-state index contributed by atoms with van der Waals surface area (Å²) in [4.78, 5) is 4.66. The van der Waals surface area contributed by atoms with Crippen molar-refractivity contribution in [3.8, 4) is 0 Å². The van der Waals surface area contributed by atoms with Crippen molar-refractivity contribution in [3.05, 3.63) is 0 Å². The van der Waals surface area contributed by atoms with E-state index >= 15 is 0 Å². The normalized spacial score (nSPS) is 23.3. The van der Waals surface area contributed by atoms with Gasteiger partial charge in [0.2, 0.25) is 0 Å². The quantitative estimate of drug-likeness (QED) is 0.448. The Balaban J connectivity index is 1.68. The average Bonchev–Trinajstić information content (AvgIpc) is 2.55. The maximum Gasteiger partial charge on any atom is 0.143 e. The van der Waals surface area contributed by atoms with Gasteiger partial charge in [0, 0.05) is 39.1 Å². The van der Waals surface area contributed by atoms with Crippen molar-refractivity contribution in [1.29, 1.82) is 0 Å². The Hall–Kier alpha value is -0.280. The molecule has 124 valence electrons. The van der Waals surface area contributed by atoms with Gasteiger partial charge in [0.1, 0.15) is 13.0 Å². The first-order chi connectivity index (χ1) is 10.4. The number of rotatable bonds is 9. The standard InChI is InChI=1S/C14H28N2O5/c17-13-20-7-1-14(16-5-10-19-11-6-16)21-12-4-15-2-8-18-9-3-15/h14,17H,1-13H2. The molecule has 0 aromatic carbocycles. The second-order valence-electron chi connectivity index (χ2n) is 5.25. The second-order valence-corrected chi connectivity index (χ2v) is 5.25. The van der Waals surface area contributed by atoms with Crippen molar-refractivity contribution in [2.24, 2.45) is 0 Å². The van der Waals surface area contributed by atoms with Gasteiger partial charge in [-0.15, -0.1) is 0 Å². The van der Waals surface area contributed by atoms with Crippen LogP contribution in [0.2, 0.25) is 0 Å². The lowest BCUT2D eigenvalue weighted by Gasteiger charge is -2.35. The van der Waals surface area contributed by atoms with Crippen LogP contribution in [-0.4, -0.2) is 100 Å². The van der Waals surface area contributed by atoms with Gasteiger partial charge in [-0.25, -0.2) is 0 Å². The number of aliphatic hydroxyl groups excluding tert-OH is 1. The summed E-state index contributed by atoms with van der Waals surface area (Å²) in [6.45, 7) is 8.82. The Kier molecular flexibility index (Phi) is 8.50. The van der Waals surface area contributed by atoms with E-state index in [1.165, 1.54) is 0 Å². The molecule has 0 aromatic heterocycles. The molecule has 2 heterocycles. The maximum atomic E-state index is 8.72. The predicted molar refractivity (Wildman–Crippen MR) is 77.0 cm³/mol. The number of nitrogens with zero attached hydrogens (tertiary/aromatic N) is 2. The zero-order valence-electron chi connectivity index (χ0n) is 12.7. The van der Waals surface area contributed by atoms with E-state index in [1.54, 1.807) is 0 Å². The Labute approximate surface area is 126 Å². The van der Waals surface area contributed by atoms with Gasteiger partial charge >= 0.3 is 0 Å². The molecular weight excluding hydrogens is 276 g/mol. The number of hydrogen-bond acceptors (Lipinski definition) is 7. The molecule has 1 N–H and O–H groups in total. The molecule has 0 amide bonds. The minimum absolute atomic E-state index is 0.0430. The lowest BCUT2D eigenvalue weighted by molar-refractivity contribution is -0.117. The van der Waals surface area contributed by atoms with Crippen LogP contribution >= 0.6 is 0 Å². The molecule has 0 aliphatic carbocycles. The minimum Gasteiger partial charge on any atom is -0.379 e. The van der Waals surface area contributed by atoms with Crippen LogP contribution in [0.25, 0.3) is 0 Å². The van der Waals surface area contributed by atoms with Gasteiger partial charge in [0.25, 0.3) is 0 Å². The van der Waals surface area contributed by atoms with E-state index in [2.05, 4.69) is 9.80 Å². The fourth-order valence-corrected chi connectivity index (χ4v) is 2.63. The maximum absolute atomic E-state index is 8.72. The topological polar surface area (TPSA) is 63.6 Å². The summed E-state index contributed by atoms with van der Waals surface area (Å²) in [5, 5.41) is 8.72. The van der Waals surface area contributed by atoms with Crippen molar-refractivity contribution in [1.82, 2.24) is 9.80 Å². The molecule has 0 radical (unpaired) electrons. The smallest absolute Gasteiger partial charge is 0.143 e. The fourth-order valence-electron chi connectivity index (χ4n) is 2.63. The molecule has 2 fully saturated rings. The fraction of sp³-hybridized carbons (Fsp3) is 1.00. The van der Waals surface area contributed by atoms with E-state index in [0.29, 0.717) is 13.2 Å². The Morgan fingerprint density at radius 3 is 2.29 bits per heavy atom. The van der Waals surface area contributed by atoms with Crippen LogP contribution in [0.1, 0.15) is 6.42 Å². The number of hydrogen-bond donors (Lipinski definition) is 1. The minimum atomic E-state index is -0.233. The number of ether oxygens (including phenoxy) is 4. The third-order valence-electron chi connectivity index (χ3n) is 3.87. The Morgan fingerprint density at radius 1 is 0.952 bits per heavy atom. The van der Waals surface area contributed by atoms with Gasteiger partial charge in [-0.1, -0.05) is 0 Å². The molecule has 7 heteroatoms. The zero-order chi connectivity index (χ0) is 14.8. The SMILES string of the molecule is OCOCCC(OCCN1CCOCC1)N1CCOCC1. The first-order valence-electron chi connectivity index (χ1n) is 7.82. The van der Waals surface area contributed by atoms with Crippen LogP contribution in [0.4, 0.5) is 0 Å². The molecular formula is C14H28N2O5. The highest BCUT2D eigenvalue weighted by atomic mass is 16.6. The van der Waals surface area contributed by atoms with E-state index in [4.69, 9.17) is 24.1 Å². The molecule has 1 atom stereocenters. The molecule has 0 saturated carbocycles. The van der Waals surface area contributed by atoms with Gasteiger partial charge in [0.05, 0.1) is 39.6 Å². The van der Waals surface area contributed by atoms with Gasteiger partial charge in [-0.2, -0.15) is 0 Å². The highest BCUT2D eigenvalue weighted by molar-refractivity contribution is 4.68.